The minimum absolute atomic E-state index is 0.0695. The molecule has 0 unspecified atom stereocenters. The van der Waals surface area contributed by atoms with Crippen molar-refractivity contribution in [3.05, 3.63) is 70.0 Å². The quantitative estimate of drug-likeness (QED) is 0.518. The van der Waals surface area contributed by atoms with Gasteiger partial charge in [-0.05, 0) is 53.9 Å². The fourth-order valence-corrected chi connectivity index (χ4v) is 3.46. The second-order valence-corrected chi connectivity index (χ2v) is 7.05. The normalized spacial score (nSPS) is 10.7. The van der Waals surface area contributed by atoms with Crippen LogP contribution >= 0.6 is 12.2 Å². The van der Waals surface area contributed by atoms with Gasteiger partial charge >= 0.3 is 0 Å². The van der Waals surface area contributed by atoms with Gasteiger partial charge in [-0.15, -0.1) is 0 Å². The van der Waals surface area contributed by atoms with Crippen molar-refractivity contribution >= 4 is 33.9 Å². The number of methoxy groups -OCH3 is 1. The van der Waals surface area contributed by atoms with Crippen LogP contribution in [0, 0.1) is 0 Å². The summed E-state index contributed by atoms with van der Waals surface area (Å²) < 4.78 is 5.21. The number of aliphatic hydroxyl groups is 1. The summed E-state index contributed by atoms with van der Waals surface area (Å²) in [5.41, 5.74) is 3.18. The minimum atomic E-state index is -0.189. The summed E-state index contributed by atoms with van der Waals surface area (Å²) in [4.78, 5) is 17.3. The van der Waals surface area contributed by atoms with E-state index >= 15 is 0 Å². The molecule has 2 aromatic carbocycles. The molecule has 1 heterocycles. The Hall–Kier alpha value is -2.90. The lowest BCUT2D eigenvalue weighted by Crippen LogP contribution is -2.38. The van der Waals surface area contributed by atoms with Crippen molar-refractivity contribution < 1.29 is 9.84 Å². The number of aromatic amines is 1. The van der Waals surface area contributed by atoms with Crippen molar-refractivity contribution in [2.45, 2.75) is 19.9 Å². The lowest BCUT2D eigenvalue weighted by atomic mass is 10.1. The highest BCUT2D eigenvalue weighted by Gasteiger charge is 2.14. The number of nitrogens with one attached hydrogen (secondary N) is 2. The van der Waals surface area contributed by atoms with Gasteiger partial charge in [-0.2, -0.15) is 0 Å². The van der Waals surface area contributed by atoms with Crippen LogP contribution in [0.2, 0.25) is 0 Å². The largest absolute Gasteiger partial charge is 0.497 e. The molecular formula is C22H25N3O3S. The van der Waals surface area contributed by atoms with Gasteiger partial charge < -0.3 is 25.0 Å². The molecule has 0 bridgehead atoms. The number of rotatable bonds is 7. The number of ether oxygens (including phenoxy) is 1. The average Bonchev–Trinajstić information content (AvgIpc) is 2.73. The third-order valence-electron chi connectivity index (χ3n) is 4.79. The number of para-hydroxylation sites is 1. The number of nitrogens with zero attached hydrogens (tertiary/aromatic N) is 1. The zero-order valence-corrected chi connectivity index (χ0v) is 17.4. The predicted octanol–water partition coefficient (Wildman–Crippen LogP) is 3.29. The van der Waals surface area contributed by atoms with E-state index < -0.39 is 0 Å². The van der Waals surface area contributed by atoms with Crippen LogP contribution in [0.4, 0.5) is 5.69 Å². The van der Waals surface area contributed by atoms with Gasteiger partial charge in [0.2, 0.25) is 0 Å². The number of aliphatic hydroxyl groups excluding tert-OH is 1. The Morgan fingerprint density at radius 2 is 2.00 bits per heavy atom. The van der Waals surface area contributed by atoms with Crippen LogP contribution in [0.25, 0.3) is 10.9 Å². The summed E-state index contributed by atoms with van der Waals surface area (Å²) in [5.74, 6) is 0.683. The third-order valence-corrected chi connectivity index (χ3v) is 5.15. The summed E-state index contributed by atoms with van der Waals surface area (Å²) in [6.45, 7) is 2.62. The topological polar surface area (TPSA) is 77.6 Å². The molecule has 0 fully saturated rings. The molecule has 3 rings (SSSR count). The van der Waals surface area contributed by atoms with E-state index in [4.69, 9.17) is 17.0 Å². The first-order valence-electron chi connectivity index (χ1n) is 9.50. The van der Waals surface area contributed by atoms with Gasteiger partial charge in [0.1, 0.15) is 5.75 Å². The van der Waals surface area contributed by atoms with Crippen molar-refractivity contribution in [3.63, 3.8) is 0 Å². The van der Waals surface area contributed by atoms with E-state index in [9.17, 15) is 9.90 Å². The fourth-order valence-electron chi connectivity index (χ4n) is 3.19. The molecule has 0 aliphatic heterocycles. The Balaban J connectivity index is 1.85. The maximum atomic E-state index is 12.6. The average molecular weight is 412 g/mol. The summed E-state index contributed by atoms with van der Waals surface area (Å²) >= 11 is 5.58. The molecule has 0 spiro atoms. The van der Waals surface area contributed by atoms with Crippen molar-refractivity contribution in [1.29, 1.82) is 0 Å². The minimum Gasteiger partial charge on any atom is -0.497 e. The third kappa shape index (κ3) is 4.93. The molecule has 1 aromatic heterocycles. The molecule has 6 nitrogen and oxygen atoms in total. The first-order chi connectivity index (χ1) is 14.0. The van der Waals surface area contributed by atoms with Gasteiger partial charge in [-0.3, -0.25) is 4.79 Å². The van der Waals surface area contributed by atoms with Crippen molar-refractivity contribution in [2.75, 3.05) is 25.6 Å². The Morgan fingerprint density at radius 1 is 1.21 bits per heavy atom. The summed E-state index contributed by atoms with van der Waals surface area (Å²) in [6.07, 6.45) is 0.875. The van der Waals surface area contributed by atoms with Crippen LogP contribution in [-0.2, 0) is 13.0 Å². The van der Waals surface area contributed by atoms with E-state index in [2.05, 4.69) is 17.2 Å². The maximum absolute atomic E-state index is 12.6. The van der Waals surface area contributed by atoms with Gasteiger partial charge in [0.05, 0.1) is 25.8 Å². The highest BCUT2D eigenvalue weighted by Crippen LogP contribution is 2.20. The zero-order valence-electron chi connectivity index (χ0n) is 16.6. The van der Waals surface area contributed by atoms with Crippen molar-refractivity contribution in [1.82, 2.24) is 9.88 Å². The van der Waals surface area contributed by atoms with E-state index in [1.165, 1.54) is 0 Å². The zero-order chi connectivity index (χ0) is 20.8. The fraction of sp³-hybridized carbons (Fsp3) is 0.273. The Bertz CT molecular complexity index is 1060. The second kappa shape index (κ2) is 9.54. The second-order valence-electron chi connectivity index (χ2n) is 6.66. The number of anilines is 1. The Labute approximate surface area is 175 Å². The lowest BCUT2D eigenvalue weighted by Gasteiger charge is -2.25. The number of thiocarbonyl (C=S) groups is 1. The molecular weight excluding hydrogens is 386 g/mol. The molecule has 0 saturated carbocycles. The van der Waals surface area contributed by atoms with Crippen LogP contribution in [0.5, 0.6) is 5.75 Å². The standard InChI is InChI=1S/C22H25N3O3S/c1-3-15-6-4-5-7-19(15)24-22(29)25(10-11-26)14-17-12-16-8-9-18(28-2)13-20(16)23-21(17)27/h4-9,12-13,26H,3,10-11,14H2,1-2H3,(H,23,27)(H,24,29). The molecule has 0 aliphatic carbocycles. The number of hydrogen-bond acceptors (Lipinski definition) is 4. The lowest BCUT2D eigenvalue weighted by molar-refractivity contribution is 0.248. The van der Waals surface area contributed by atoms with E-state index in [1.807, 2.05) is 42.5 Å². The van der Waals surface area contributed by atoms with E-state index in [0.717, 1.165) is 23.1 Å². The summed E-state index contributed by atoms with van der Waals surface area (Å²) in [6, 6.07) is 15.3. The Morgan fingerprint density at radius 3 is 2.72 bits per heavy atom. The molecule has 3 N–H and O–H groups in total. The van der Waals surface area contributed by atoms with Gasteiger partial charge in [-0.25, -0.2) is 0 Å². The molecule has 0 radical (unpaired) electrons. The van der Waals surface area contributed by atoms with E-state index in [1.54, 1.807) is 18.1 Å². The molecule has 3 aromatic rings. The monoisotopic (exact) mass is 411 g/mol. The SMILES string of the molecule is CCc1ccccc1NC(=S)N(CCO)Cc1cc2ccc(OC)cc2[nH]c1=O. The molecule has 152 valence electrons. The first kappa shape index (κ1) is 20.8. The molecule has 7 heteroatoms. The van der Waals surface area contributed by atoms with Crippen molar-refractivity contribution in [3.8, 4) is 5.75 Å². The summed E-state index contributed by atoms with van der Waals surface area (Å²) in [5, 5.41) is 14.1. The number of pyridine rings is 1. The molecule has 0 amide bonds. The van der Waals surface area contributed by atoms with E-state index in [-0.39, 0.29) is 18.7 Å². The van der Waals surface area contributed by atoms with Crippen molar-refractivity contribution in [2.24, 2.45) is 0 Å². The highest BCUT2D eigenvalue weighted by molar-refractivity contribution is 7.80. The number of fused-ring (bicyclic) bond motifs is 1. The summed E-state index contributed by atoms with van der Waals surface area (Å²) in [7, 11) is 1.59. The highest BCUT2D eigenvalue weighted by atomic mass is 32.1. The van der Waals surface area contributed by atoms with Crippen LogP contribution in [0.1, 0.15) is 18.1 Å². The smallest absolute Gasteiger partial charge is 0.253 e. The van der Waals surface area contributed by atoms with E-state index in [0.29, 0.717) is 28.5 Å². The van der Waals surface area contributed by atoms with Gasteiger partial charge in [0.25, 0.3) is 5.56 Å². The number of benzene rings is 2. The number of hydrogen-bond donors (Lipinski definition) is 3. The molecule has 0 aliphatic rings. The predicted molar refractivity (Wildman–Crippen MR) is 121 cm³/mol. The molecule has 0 saturated heterocycles. The number of aryl methyl sites for hydroxylation is 1. The first-order valence-corrected chi connectivity index (χ1v) is 9.91. The molecule has 29 heavy (non-hydrogen) atoms. The number of H-pyrrole nitrogens is 1. The molecule has 0 atom stereocenters. The van der Waals surface area contributed by atoms with Crippen LogP contribution < -0.4 is 15.6 Å². The van der Waals surface area contributed by atoms with Gasteiger partial charge in [0, 0.05) is 23.9 Å². The number of aromatic nitrogens is 1. The Kier molecular flexibility index (Phi) is 6.85. The van der Waals surface area contributed by atoms with Crippen LogP contribution in [0.3, 0.4) is 0 Å². The van der Waals surface area contributed by atoms with Gasteiger partial charge in [0.15, 0.2) is 5.11 Å². The maximum Gasteiger partial charge on any atom is 0.253 e. The van der Waals surface area contributed by atoms with Crippen LogP contribution in [-0.4, -0.2) is 40.4 Å². The van der Waals surface area contributed by atoms with Crippen LogP contribution in [0.15, 0.2) is 53.3 Å². The van der Waals surface area contributed by atoms with Gasteiger partial charge in [-0.1, -0.05) is 25.1 Å².